The van der Waals surface area contributed by atoms with Crippen molar-refractivity contribution in [3.8, 4) is 0 Å². The van der Waals surface area contributed by atoms with Crippen LogP contribution in [-0.4, -0.2) is 21.4 Å². The molecule has 0 saturated carbocycles. The van der Waals surface area contributed by atoms with Crippen molar-refractivity contribution < 1.29 is 13.6 Å². The second-order valence-corrected chi connectivity index (χ2v) is 4.43. The van der Waals surface area contributed by atoms with E-state index >= 15 is 0 Å². The highest BCUT2D eigenvalue weighted by molar-refractivity contribution is 6.17. The molecule has 0 N–H and O–H groups in total. The highest BCUT2D eigenvalue weighted by atomic mass is 35.5. The van der Waals surface area contributed by atoms with Crippen LogP contribution < -0.4 is 0 Å². The molecule has 0 aliphatic carbocycles. The molecule has 6 heteroatoms. The largest absolute Gasteiger partial charge is 0.289 e. The molecule has 0 amide bonds. The fraction of sp³-hybridized carbons (Fsp3) is 0.143. The highest BCUT2D eigenvalue weighted by Crippen LogP contribution is 2.10. The van der Waals surface area contributed by atoms with E-state index in [-0.39, 0.29) is 5.56 Å². The molecule has 1 heterocycles. The summed E-state index contributed by atoms with van der Waals surface area (Å²) < 4.78 is 27.4. The Morgan fingerprint density at radius 1 is 1.35 bits per heavy atom. The van der Waals surface area contributed by atoms with Crippen LogP contribution in [0.2, 0.25) is 0 Å². The van der Waals surface area contributed by atoms with Gasteiger partial charge in [0.2, 0.25) is 0 Å². The zero-order valence-electron chi connectivity index (χ0n) is 10.4. The van der Waals surface area contributed by atoms with E-state index in [9.17, 15) is 13.6 Å². The van der Waals surface area contributed by atoms with Crippen molar-refractivity contribution in [2.24, 2.45) is 0 Å². The predicted octanol–water partition coefficient (Wildman–Crippen LogP) is 3.30. The summed E-state index contributed by atoms with van der Waals surface area (Å²) in [5, 5.41) is 4.04. The summed E-state index contributed by atoms with van der Waals surface area (Å²) in [6, 6.07) is 3.04. The van der Waals surface area contributed by atoms with E-state index in [2.05, 4.69) is 5.10 Å². The summed E-state index contributed by atoms with van der Waals surface area (Å²) in [7, 11) is 0. The quantitative estimate of drug-likeness (QED) is 0.482. The highest BCUT2D eigenvalue weighted by Gasteiger charge is 2.07. The minimum Gasteiger partial charge on any atom is -0.289 e. The van der Waals surface area contributed by atoms with Crippen molar-refractivity contribution in [1.82, 2.24) is 9.78 Å². The topological polar surface area (TPSA) is 34.9 Å². The van der Waals surface area contributed by atoms with E-state index in [1.807, 2.05) is 0 Å². The maximum Gasteiger partial charge on any atom is 0.185 e. The molecule has 0 unspecified atom stereocenters. The van der Waals surface area contributed by atoms with Gasteiger partial charge in [0.1, 0.15) is 0 Å². The number of ketones is 1. The lowest BCUT2D eigenvalue weighted by atomic mass is 10.1. The second-order valence-electron chi connectivity index (χ2n) is 4.05. The molecule has 2 rings (SSSR count). The molecule has 0 atom stereocenters. The number of carbonyl (C=O) groups excluding carboxylic acids is 1. The maximum absolute atomic E-state index is 13.0. The average Bonchev–Trinajstić information content (AvgIpc) is 2.87. The van der Waals surface area contributed by atoms with E-state index < -0.39 is 17.4 Å². The summed E-state index contributed by atoms with van der Waals surface area (Å²) in [5.74, 6) is -1.99. The van der Waals surface area contributed by atoms with Crippen molar-refractivity contribution >= 4 is 23.5 Å². The Labute approximate surface area is 119 Å². The van der Waals surface area contributed by atoms with Gasteiger partial charge in [-0.05, 0) is 30.4 Å². The molecule has 3 nitrogen and oxygen atoms in total. The van der Waals surface area contributed by atoms with Crippen LogP contribution in [0.1, 0.15) is 15.9 Å². The van der Waals surface area contributed by atoms with Gasteiger partial charge in [0.25, 0.3) is 0 Å². The lowest BCUT2D eigenvalue weighted by Crippen LogP contribution is -1.98. The molecule has 1 aromatic carbocycles. The third-order valence-electron chi connectivity index (χ3n) is 2.60. The minimum absolute atomic E-state index is 0.0910. The Morgan fingerprint density at radius 2 is 2.15 bits per heavy atom. The van der Waals surface area contributed by atoms with Crippen molar-refractivity contribution in [3.63, 3.8) is 0 Å². The molecule has 0 spiro atoms. The van der Waals surface area contributed by atoms with E-state index in [1.54, 1.807) is 23.2 Å². The number of aromatic nitrogens is 2. The zero-order valence-corrected chi connectivity index (χ0v) is 11.1. The molecule has 104 valence electrons. The standard InChI is InChI=1S/C14H11ClF2N2O/c15-5-6-19-9-10(8-18-19)1-4-14(20)11-2-3-12(16)13(17)7-11/h1-4,7-9H,5-6H2. The smallest absolute Gasteiger partial charge is 0.185 e. The van der Waals surface area contributed by atoms with Crippen LogP contribution in [0.15, 0.2) is 36.7 Å². The van der Waals surface area contributed by atoms with E-state index in [0.29, 0.717) is 12.4 Å². The van der Waals surface area contributed by atoms with Crippen LogP contribution in [0.3, 0.4) is 0 Å². The molecule has 20 heavy (non-hydrogen) atoms. The van der Waals surface area contributed by atoms with E-state index in [4.69, 9.17) is 11.6 Å². The van der Waals surface area contributed by atoms with Crippen LogP contribution in [0.25, 0.3) is 6.08 Å². The summed E-state index contributed by atoms with van der Waals surface area (Å²) in [6.07, 6.45) is 6.16. The van der Waals surface area contributed by atoms with Crippen molar-refractivity contribution in [3.05, 3.63) is 59.4 Å². The molecule has 0 aliphatic rings. The van der Waals surface area contributed by atoms with Crippen LogP contribution in [0.5, 0.6) is 0 Å². The third-order valence-corrected chi connectivity index (χ3v) is 2.77. The number of aryl methyl sites for hydroxylation is 1. The second kappa shape index (κ2) is 6.43. The minimum atomic E-state index is -1.04. The number of benzene rings is 1. The number of allylic oxidation sites excluding steroid dienone is 1. The summed E-state index contributed by atoms with van der Waals surface area (Å²) in [4.78, 5) is 11.8. The number of hydrogen-bond donors (Lipinski definition) is 0. The molecule has 0 aliphatic heterocycles. The first-order valence-corrected chi connectivity index (χ1v) is 6.39. The Bertz CT molecular complexity index is 652. The molecule has 0 fully saturated rings. The van der Waals surface area contributed by atoms with E-state index in [1.165, 1.54) is 12.1 Å². The van der Waals surface area contributed by atoms with E-state index in [0.717, 1.165) is 17.7 Å². The Morgan fingerprint density at radius 3 is 2.85 bits per heavy atom. The Balaban J connectivity index is 2.09. The summed E-state index contributed by atoms with van der Waals surface area (Å²) in [5.41, 5.74) is 0.819. The molecule has 2 aromatic rings. The fourth-order valence-electron chi connectivity index (χ4n) is 1.59. The van der Waals surface area contributed by atoms with Gasteiger partial charge in [-0.2, -0.15) is 5.10 Å². The molecule has 1 aromatic heterocycles. The average molecular weight is 297 g/mol. The first kappa shape index (κ1) is 14.4. The number of rotatable bonds is 5. The summed E-state index contributed by atoms with van der Waals surface area (Å²) >= 11 is 5.58. The van der Waals surface area contributed by atoms with Gasteiger partial charge in [0.05, 0.1) is 12.7 Å². The lowest BCUT2D eigenvalue weighted by molar-refractivity contribution is 0.104. The van der Waals surface area contributed by atoms with Crippen LogP contribution in [0, 0.1) is 11.6 Å². The van der Waals surface area contributed by atoms with Gasteiger partial charge in [-0.1, -0.05) is 0 Å². The molecule has 0 saturated heterocycles. The Hall–Kier alpha value is -2.01. The van der Waals surface area contributed by atoms with Gasteiger partial charge >= 0.3 is 0 Å². The lowest BCUT2D eigenvalue weighted by Gasteiger charge is -1.97. The van der Waals surface area contributed by atoms with Gasteiger partial charge in [0.15, 0.2) is 17.4 Å². The zero-order chi connectivity index (χ0) is 14.5. The van der Waals surface area contributed by atoms with Gasteiger partial charge in [-0.3, -0.25) is 9.48 Å². The van der Waals surface area contributed by atoms with Crippen molar-refractivity contribution in [2.45, 2.75) is 6.54 Å². The van der Waals surface area contributed by atoms with Crippen molar-refractivity contribution in [2.75, 3.05) is 5.88 Å². The van der Waals surface area contributed by atoms with Crippen LogP contribution in [-0.2, 0) is 6.54 Å². The fourth-order valence-corrected chi connectivity index (χ4v) is 1.77. The van der Waals surface area contributed by atoms with Gasteiger partial charge in [0, 0.05) is 23.2 Å². The normalized spacial score (nSPS) is 11.2. The molecular weight excluding hydrogens is 286 g/mol. The monoisotopic (exact) mass is 296 g/mol. The van der Waals surface area contributed by atoms with Gasteiger partial charge in [-0.15, -0.1) is 11.6 Å². The molecular formula is C14H11ClF2N2O. The van der Waals surface area contributed by atoms with Gasteiger partial charge < -0.3 is 0 Å². The van der Waals surface area contributed by atoms with Crippen LogP contribution >= 0.6 is 11.6 Å². The number of carbonyl (C=O) groups is 1. The SMILES string of the molecule is O=C(C=Cc1cnn(CCCl)c1)c1ccc(F)c(F)c1. The molecule has 0 radical (unpaired) electrons. The predicted molar refractivity (Wildman–Crippen MR) is 72.7 cm³/mol. The first-order valence-electron chi connectivity index (χ1n) is 5.86. The number of halogens is 3. The Kier molecular flexibility index (Phi) is 4.63. The molecule has 0 bridgehead atoms. The first-order chi connectivity index (χ1) is 9.60. The summed E-state index contributed by atoms with van der Waals surface area (Å²) in [6.45, 7) is 0.576. The number of alkyl halides is 1. The van der Waals surface area contributed by atoms with Crippen molar-refractivity contribution in [1.29, 1.82) is 0 Å². The number of nitrogens with zero attached hydrogens (tertiary/aromatic N) is 2. The maximum atomic E-state index is 13.0. The van der Waals surface area contributed by atoms with Crippen LogP contribution in [0.4, 0.5) is 8.78 Å². The number of hydrogen-bond acceptors (Lipinski definition) is 2. The van der Waals surface area contributed by atoms with Gasteiger partial charge in [-0.25, -0.2) is 8.78 Å². The third kappa shape index (κ3) is 3.51.